The minimum absolute atomic E-state index is 0.303. The van der Waals surface area contributed by atoms with E-state index in [2.05, 4.69) is 10.6 Å². The number of halogens is 3. The molecule has 1 aromatic heterocycles. The molecule has 1 unspecified atom stereocenters. The highest BCUT2D eigenvalue weighted by atomic mass is 32.1. The van der Waals surface area contributed by atoms with E-state index in [1.54, 1.807) is 31.4 Å². The van der Waals surface area contributed by atoms with Crippen LogP contribution in [0.5, 0.6) is 0 Å². The first kappa shape index (κ1) is 18.0. The van der Waals surface area contributed by atoms with Gasteiger partial charge in [-0.05, 0) is 29.5 Å². The van der Waals surface area contributed by atoms with Gasteiger partial charge in [0.15, 0.2) is 17.5 Å². The SMILES string of the molecule is CC(C)C(NC(=O)c1cccs1)C(=O)Nc1ccc(F)c(F)c1F. The molecule has 0 aliphatic carbocycles. The predicted molar refractivity (Wildman–Crippen MR) is 85.4 cm³/mol. The molecule has 4 nitrogen and oxygen atoms in total. The number of hydrogen-bond donors (Lipinski definition) is 2. The average Bonchev–Trinajstić information content (AvgIpc) is 3.07. The minimum Gasteiger partial charge on any atom is -0.339 e. The summed E-state index contributed by atoms with van der Waals surface area (Å²) in [4.78, 5) is 24.8. The summed E-state index contributed by atoms with van der Waals surface area (Å²) in [5, 5.41) is 6.45. The second-order valence-electron chi connectivity index (χ2n) is 5.38. The first-order chi connectivity index (χ1) is 11.3. The molecule has 0 aliphatic heterocycles. The number of carbonyl (C=O) groups is 2. The van der Waals surface area contributed by atoms with Crippen LogP contribution in [0, 0.1) is 23.4 Å². The molecule has 8 heteroatoms. The molecule has 128 valence electrons. The average molecular weight is 356 g/mol. The summed E-state index contributed by atoms with van der Waals surface area (Å²) >= 11 is 1.21. The number of carbonyl (C=O) groups excluding carboxylic acids is 2. The highest BCUT2D eigenvalue weighted by molar-refractivity contribution is 7.12. The first-order valence-electron chi connectivity index (χ1n) is 7.10. The van der Waals surface area contributed by atoms with Crippen molar-refractivity contribution in [2.75, 3.05) is 5.32 Å². The Morgan fingerprint density at radius 2 is 1.79 bits per heavy atom. The lowest BCUT2D eigenvalue weighted by molar-refractivity contribution is -0.118. The second kappa shape index (κ2) is 7.48. The number of benzene rings is 1. The number of hydrogen-bond acceptors (Lipinski definition) is 3. The maximum atomic E-state index is 13.7. The Kier molecular flexibility index (Phi) is 5.61. The number of amides is 2. The highest BCUT2D eigenvalue weighted by Crippen LogP contribution is 2.20. The van der Waals surface area contributed by atoms with Gasteiger partial charge < -0.3 is 10.6 Å². The van der Waals surface area contributed by atoms with E-state index in [0.717, 1.165) is 6.07 Å². The smallest absolute Gasteiger partial charge is 0.262 e. The fourth-order valence-corrected chi connectivity index (χ4v) is 2.61. The summed E-state index contributed by atoms with van der Waals surface area (Å²) in [5.41, 5.74) is -0.491. The molecule has 2 aromatic rings. The normalized spacial score (nSPS) is 12.1. The number of thiophene rings is 1. The van der Waals surface area contributed by atoms with Crippen LogP contribution in [0.1, 0.15) is 23.5 Å². The van der Waals surface area contributed by atoms with Crippen LogP contribution in [0.2, 0.25) is 0 Å². The zero-order chi connectivity index (χ0) is 17.9. The third-order valence-electron chi connectivity index (χ3n) is 3.27. The fourth-order valence-electron chi connectivity index (χ4n) is 1.99. The summed E-state index contributed by atoms with van der Waals surface area (Å²) in [6.07, 6.45) is 0. The lowest BCUT2D eigenvalue weighted by Crippen LogP contribution is -2.47. The second-order valence-corrected chi connectivity index (χ2v) is 6.33. The van der Waals surface area contributed by atoms with Crippen LogP contribution in [0.3, 0.4) is 0 Å². The van der Waals surface area contributed by atoms with E-state index in [-0.39, 0.29) is 5.92 Å². The maximum Gasteiger partial charge on any atom is 0.262 e. The third kappa shape index (κ3) is 3.94. The van der Waals surface area contributed by atoms with Crippen LogP contribution in [-0.2, 0) is 4.79 Å². The topological polar surface area (TPSA) is 58.2 Å². The standard InChI is InChI=1S/C16H15F3N2O2S/c1-8(2)14(21-15(22)11-4-3-7-24-11)16(23)20-10-6-5-9(17)12(18)13(10)19/h3-8,14H,1-2H3,(H,20,23)(H,21,22). The minimum atomic E-state index is -1.67. The molecule has 2 amide bonds. The van der Waals surface area contributed by atoms with Gasteiger partial charge in [-0.25, -0.2) is 13.2 Å². The van der Waals surface area contributed by atoms with E-state index in [1.807, 2.05) is 0 Å². The molecular weight excluding hydrogens is 341 g/mol. The molecule has 1 aromatic carbocycles. The molecule has 1 heterocycles. The van der Waals surface area contributed by atoms with Gasteiger partial charge in [0.1, 0.15) is 6.04 Å². The van der Waals surface area contributed by atoms with Gasteiger partial charge in [0.05, 0.1) is 10.6 Å². The molecule has 1 atom stereocenters. The van der Waals surface area contributed by atoms with E-state index >= 15 is 0 Å². The lowest BCUT2D eigenvalue weighted by atomic mass is 10.0. The molecule has 0 spiro atoms. The predicted octanol–water partition coefficient (Wildman–Crippen LogP) is 3.56. The van der Waals surface area contributed by atoms with Crippen molar-refractivity contribution in [2.45, 2.75) is 19.9 Å². The number of nitrogens with one attached hydrogen (secondary N) is 2. The molecule has 0 saturated heterocycles. The van der Waals surface area contributed by atoms with Gasteiger partial charge in [0.25, 0.3) is 5.91 Å². The van der Waals surface area contributed by atoms with Gasteiger partial charge in [-0.1, -0.05) is 19.9 Å². The summed E-state index contributed by atoms with van der Waals surface area (Å²) < 4.78 is 39.8. The van der Waals surface area contributed by atoms with Crippen LogP contribution < -0.4 is 10.6 Å². The monoisotopic (exact) mass is 356 g/mol. The summed E-state index contributed by atoms with van der Waals surface area (Å²) in [5.74, 6) is -5.98. The highest BCUT2D eigenvalue weighted by Gasteiger charge is 2.26. The largest absolute Gasteiger partial charge is 0.339 e. The maximum absolute atomic E-state index is 13.7. The lowest BCUT2D eigenvalue weighted by Gasteiger charge is -2.21. The van der Waals surface area contributed by atoms with E-state index in [4.69, 9.17) is 0 Å². The summed E-state index contributed by atoms with van der Waals surface area (Å²) in [7, 11) is 0. The van der Waals surface area contributed by atoms with Crippen molar-refractivity contribution in [1.29, 1.82) is 0 Å². The van der Waals surface area contributed by atoms with E-state index in [0.29, 0.717) is 10.9 Å². The van der Waals surface area contributed by atoms with E-state index in [1.165, 1.54) is 11.3 Å². The fraction of sp³-hybridized carbons (Fsp3) is 0.250. The molecule has 0 saturated carbocycles. The zero-order valence-corrected chi connectivity index (χ0v) is 13.7. The van der Waals surface area contributed by atoms with Gasteiger partial charge >= 0.3 is 0 Å². The van der Waals surface area contributed by atoms with Crippen LogP contribution in [0.15, 0.2) is 29.6 Å². The molecule has 0 fully saturated rings. The van der Waals surface area contributed by atoms with Crippen LogP contribution >= 0.6 is 11.3 Å². The molecule has 2 N–H and O–H groups in total. The van der Waals surface area contributed by atoms with Crippen molar-refractivity contribution in [3.63, 3.8) is 0 Å². The molecule has 0 aliphatic rings. The summed E-state index contributed by atoms with van der Waals surface area (Å²) in [6, 6.07) is 3.96. The van der Waals surface area contributed by atoms with Crippen molar-refractivity contribution in [3.8, 4) is 0 Å². The van der Waals surface area contributed by atoms with Crippen molar-refractivity contribution in [3.05, 3.63) is 52.0 Å². The van der Waals surface area contributed by atoms with E-state index < -0.39 is 41.0 Å². The van der Waals surface area contributed by atoms with Crippen molar-refractivity contribution in [1.82, 2.24) is 5.32 Å². The van der Waals surface area contributed by atoms with Gasteiger partial charge in [-0.15, -0.1) is 11.3 Å². The van der Waals surface area contributed by atoms with Crippen molar-refractivity contribution < 1.29 is 22.8 Å². The molecular formula is C16H15F3N2O2S. The third-order valence-corrected chi connectivity index (χ3v) is 4.14. The van der Waals surface area contributed by atoms with Gasteiger partial charge in [0.2, 0.25) is 5.91 Å². The van der Waals surface area contributed by atoms with Gasteiger partial charge in [-0.2, -0.15) is 0 Å². The molecule has 0 bridgehead atoms. The van der Waals surface area contributed by atoms with Gasteiger partial charge in [0, 0.05) is 0 Å². The zero-order valence-electron chi connectivity index (χ0n) is 12.9. The molecule has 2 rings (SSSR count). The Labute approximate surface area is 140 Å². The Balaban J connectivity index is 2.15. The van der Waals surface area contributed by atoms with Crippen molar-refractivity contribution >= 4 is 28.8 Å². The Morgan fingerprint density at radius 3 is 2.38 bits per heavy atom. The number of anilines is 1. The first-order valence-corrected chi connectivity index (χ1v) is 7.98. The van der Waals surface area contributed by atoms with Crippen LogP contribution in [-0.4, -0.2) is 17.9 Å². The Morgan fingerprint density at radius 1 is 1.08 bits per heavy atom. The quantitative estimate of drug-likeness (QED) is 0.805. The van der Waals surface area contributed by atoms with Crippen molar-refractivity contribution in [2.24, 2.45) is 5.92 Å². The van der Waals surface area contributed by atoms with Crippen LogP contribution in [0.25, 0.3) is 0 Å². The van der Waals surface area contributed by atoms with E-state index in [9.17, 15) is 22.8 Å². The number of rotatable bonds is 5. The summed E-state index contributed by atoms with van der Waals surface area (Å²) in [6.45, 7) is 3.39. The molecule has 24 heavy (non-hydrogen) atoms. The van der Waals surface area contributed by atoms with Gasteiger partial charge in [-0.3, -0.25) is 9.59 Å². The Bertz CT molecular complexity index is 748. The Hall–Kier alpha value is -2.35. The molecule has 0 radical (unpaired) electrons. The van der Waals surface area contributed by atoms with Crippen LogP contribution in [0.4, 0.5) is 18.9 Å².